The van der Waals surface area contributed by atoms with Crippen LogP contribution in [0, 0.1) is 19.7 Å². The van der Waals surface area contributed by atoms with Gasteiger partial charge in [0.1, 0.15) is 5.82 Å². The van der Waals surface area contributed by atoms with Gasteiger partial charge in [-0.3, -0.25) is 9.20 Å². The van der Waals surface area contributed by atoms with E-state index in [0.717, 1.165) is 27.9 Å². The maximum Gasteiger partial charge on any atom is 0.267 e. The van der Waals surface area contributed by atoms with Crippen LogP contribution in [0.5, 0.6) is 0 Å². The Bertz CT molecular complexity index is 1510. The van der Waals surface area contributed by atoms with Crippen LogP contribution in [0.3, 0.4) is 0 Å². The van der Waals surface area contributed by atoms with Crippen molar-refractivity contribution in [2.45, 2.75) is 24.8 Å². The van der Waals surface area contributed by atoms with Gasteiger partial charge >= 0.3 is 0 Å². The predicted molar refractivity (Wildman–Crippen MR) is 122 cm³/mol. The van der Waals surface area contributed by atoms with Crippen LogP contribution in [0.15, 0.2) is 76.7 Å². The third-order valence-electron chi connectivity index (χ3n) is 5.47. The van der Waals surface area contributed by atoms with Crippen LogP contribution in [0.2, 0.25) is 0 Å². The van der Waals surface area contributed by atoms with Crippen LogP contribution in [-0.2, 0) is 5.75 Å². The zero-order chi connectivity index (χ0) is 21.5. The molecule has 0 aliphatic heterocycles. The predicted octanol–water partition coefficient (Wildman–Crippen LogP) is 5.08. The van der Waals surface area contributed by atoms with E-state index in [9.17, 15) is 9.18 Å². The number of hydrogen-bond donors (Lipinski definition) is 0. The number of rotatable bonds is 4. The molecule has 3 aromatic carbocycles. The largest absolute Gasteiger partial charge is 0.268 e. The Balaban J connectivity index is 1.74. The van der Waals surface area contributed by atoms with Gasteiger partial charge in [0.25, 0.3) is 5.56 Å². The van der Waals surface area contributed by atoms with Crippen molar-refractivity contribution in [2.24, 2.45) is 0 Å². The van der Waals surface area contributed by atoms with E-state index in [-0.39, 0.29) is 11.4 Å². The molecule has 0 unspecified atom stereocenters. The average Bonchev–Trinajstić information content (AvgIpc) is 3.19. The summed E-state index contributed by atoms with van der Waals surface area (Å²) in [6.45, 7) is 4.02. The van der Waals surface area contributed by atoms with Crippen molar-refractivity contribution in [1.29, 1.82) is 0 Å². The van der Waals surface area contributed by atoms with Crippen LogP contribution in [-0.4, -0.2) is 19.2 Å². The summed E-state index contributed by atoms with van der Waals surface area (Å²) in [5, 5.41) is 10.0. The number of nitrogens with zero attached hydrogens (tertiary/aromatic N) is 4. The summed E-state index contributed by atoms with van der Waals surface area (Å²) in [5.74, 6) is 0.729. The average molecular weight is 431 g/mol. The summed E-state index contributed by atoms with van der Waals surface area (Å²) in [6, 6.07) is 19.9. The molecular weight excluding hydrogens is 411 g/mol. The second-order valence-corrected chi connectivity index (χ2v) is 8.36. The van der Waals surface area contributed by atoms with Gasteiger partial charge in [0.05, 0.1) is 16.6 Å². The van der Waals surface area contributed by atoms with Gasteiger partial charge in [0.2, 0.25) is 5.78 Å². The van der Waals surface area contributed by atoms with Gasteiger partial charge in [-0.2, -0.15) is 0 Å². The monoisotopic (exact) mass is 430 g/mol. The molecule has 2 aromatic heterocycles. The Morgan fingerprint density at radius 2 is 1.77 bits per heavy atom. The van der Waals surface area contributed by atoms with Gasteiger partial charge < -0.3 is 0 Å². The molecule has 0 bridgehead atoms. The molecule has 0 saturated heterocycles. The molecule has 0 fully saturated rings. The van der Waals surface area contributed by atoms with Gasteiger partial charge in [-0.1, -0.05) is 48.2 Å². The van der Waals surface area contributed by atoms with Crippen molar-refractivity contribution in [3.05, 3.63) is 99.6 Å². The number of benzene rings is 3. The van der Waals surface area contributed by atoms with E-state index >= 15 is 0 Å². The highest BCUT2D eigenvalue weighted by Crippen LogP contribution is 2.27. The summed E-state index contributed by atoms with van der Waals surface area (Å²) in [7, 11) is 0. The lowest BCUT2D eigenvalue weighted by molar-refractivity contribution is 0.626. The van der Waals surface area contributed by atoms with E-state index in [1.165, 1.54) is 23.9 Å². The second-order valence-electron chi connectivity index (χ2n) is 7.41. The van der Waals surface area contributed by atoms with Crippen molar-refractivity contribution in [3.63, 3.8) is 0 Å². The molecule has 0 atom stereocenters. The molecular formula is C24H19FN4OS. The van der Waals surface area contributed by atoms with Crippen molar-refractivity contribution in [2.75, 3.05) is 0 Å². The molecule has 2 heterocycles. The van der Waals surface area contributed by atoms with E-state index in [2.05, 4.69) is 10.2 Å². The summed E-state index contributed by atoms with van der Waals surface area (Å²) >= 11 is 1.46. The first-order valence-electron chi connectivity index (χ1n) is 9.87. The molecule has 5 aromatic rings. The van der Waals surface area contributed by atoms with E-state index in [1.54, 1.807) is 10.6 Å². The Kier molecular flexibility index (Phi) is 4.82. The summed E-state index contributed by atoms with van der Waals surface area (Å²) in [5.41, 5.74) is 4.36. The first-order valence-corrected chi connectivity index (χ1v) is 10.9. The lowest BCUT2D eigenvalue weighted by Crippen LogP contribution is -2.22. The smallest absolute Gasteiger partial charge is 0.267 e. The SMILES string of the molecule is Cc1cccc(-n2c(=O)c3ccccc3n3c(SCc4cccc(F)c4)nnc23)c1C. The fourth-order valence-corrected chi connectivity index (χ4v) is 4.62. The van der Waals surface area contributed by atoms with Gasteiger partial charge in [-0.05, 0) is 60.9 Å². The van der Waals surface area contributed by atoms with Crippen LogP contribution in [0.1, 0.15) is 16.7 Å². The quantitative estimate of drug-likeness (QED) is 0.373. The van der Waals surface area contributed by atoms with Crippen LogP contribution in [0.4, 0.5) is 4.39 Å². The molecule has 0 aliphatic rings. The minimum atomic E-state index is -0.265. The first-order chi connectivity index (χ1) is 15.0. The molecule has 0 N–H and O–H groups in total. The number of hydrogen-bond acceptors (Lipinski definition) is 4. The van der Waals surface area contributed by atoms with Gasteiger partial charge in [-0.15, -0.1) is 10.2 Å². The lowest BCUT2D eigenvalue weighted by atomic mass is 10.1. The summed E-state index contributed by atoms with van der Waals surface area (Å²) < 4.78 is 17.1. The maximum atomic E-state index is 13.6. The van der Waals surface area contributed by atoms with E-state index in [1.807, 2.05) is 66.8 Å². The lowest BCUT2D eigenvalue weighted by Gasteiger charge is -2.14. The molecule has 154 valence electrons. The topological polar surface area (TPSA) is 52.2 Å². The highest BCUT2D eigenvalue weighted by atomic mass is 32.2. The number of fused-ring (bicyclic) bond motifs is 3. The summed E-state index contributed by atoms with van der Waals surface area (Å²) in [6.07, 6.45) is 0. The number of aryl methyl sites for hydroxylation is 1. The maximum absolute atomic E-state index is 13.6. The molecule has 0 saturated carbocycles. The van der Waals surface area contributed by atoms with Crippen LogP contribution < -0.4 is 5.56 Å². The third kappa shape index (κ3) is 3.31. The Morgan fingerprint density at radius 1 is 0.968 bits per heavy atom. The molecule has 7 heteroatoms. The standard InChI is InChI=1S/C24H19FN4OS/c1-15-7-5-12-20(16(15)2)28-22(30)19-10-3-4-11-21(19)29-23(28)26-27-24(29)31-14-17-8-6-9-18(25)13-17/h3-13H,14H2,1-2H3. The Labute approximate surface area is 182 Å². The van der Waals surface area contributed by atoms with E-state index in [0.29, 0.717) is 22.1 Å². The van der Waals surface area contributed by atoms with Gasteiger partial charge in [0.15, 0.2) is 5.16 Å². The van der Waals surface area contributed by atoms with Crippen LogP contribution >= 0.6 is 11.8 Å². The minimum Gasteiger partial charge on any atom is -0.268 e. The first kappa shape index (κ1) is 19.5. The zero-order valence-corrected chi connectivity index (χ0v) is 17.9. The number of para-hydroxylation sites is 1. The normalized spacial score (nSPS) is 11.5. The van der Waals surface area contributed by atoms with Crippen LogP contribution in [0.25, 0.3) is 22.4 Å². The van der Waals surface area contributed by atoms with Crippen molar-refractivity contribution >= 4 is 28.4 Å². The molecule has 0 spiro atoms. The van der Waals surface area contributed by atoms with Crippen molar-refractivity contribution in [3.8, 4) is 5.69 Å². The zero-order valence-electron chi connectivity index (χ0n) is 17.0. The summed E-state index contributed by atoms with van der Waals surface area (Å²) in [4.78, 5) is 13.5. The fourth-order valence-electron chi connectivity index (χ4n) is 3.74. The third-order valence-corrected chi connectivity index (χ3v) is 6.47. The van der Waals surface area contributed by atoms with E-state index < -0.39 is 0 Å². The second kappa shape index (κ2) is 7.67. The van der Waals surface area contributed by atoms with E-state index in [4.69, 9.17) is 0 Å². The number of aromatic nitrogens is 4. The van der Waals surface area contributed by atoms with Gasteiger partial charge in [-0.25, -0.2) is 8.96 Å². The molecule has 0 aliphatic carbocycles. The van der Waals surface area contributed by atoms with Crippen molar-refractivity contribution < 1.29 is 4.39 Å². The molecule has 0 radical (unpaired) electrons. The molecule has 5 nitrogen and oxygen atoms in total. The molecule has 5 rings (SSSR count). The minimum absolute atomic E-state index is 0.133. The molecule has 31 heavy (non-hydrogen) atoms. The number of halogens is 1. The van der Waals surface area contributed by atoms with Crippen molar-refractivity contribution in [1.82, 2.24) is 19.2 Å². The Morgan fingerprint density at radius 3 is 2.61 bits per heavy atom. The van der Waals surface area contributed by atoms with Gasteiger partial charge in [0, 0.05) is 5.75 Å². The fraction of sp³-hybridized carbons (Fsp3) is 0.125. The molecule has 0 amide bonds. The number of thioether (sulfide) groups is 1. The Hall–Kier alpha value is -3.45. The highest BCUT2D eigenvalue weighted by Gasteiger charge is 2.19. The highest BCUT2D eigenvalue weighted by molar-refractivity contribution is 7.98.